The van der Waals surface area contributed by atoms with Gasteiger partial charge in [0.25, 0.3) is 0 Å². The molecule has 1 unspecified atom stereocenters. The Balaban J connectivity index is 2.58. The summed E-state index contributed by atoms with van der Waals surface area (Å²) in [5, 5.41) is 19.7. The van der Waals surface area contributed by atoms with Gasteiger partial charge in [-0.25, -0.2) is 14.4 Å². The molecule has 0 radical (unpaired) electrons. The predicted molar refractivity (Wildman–Crippen MR) is 118 cm³/mol. The number of ether oxygens (including phenoxy) is 2. The molecule has 0 bridgehead atoms. The molecule has 9 nitrogen and oxygen atoms in total. The first-order chi connectivity index (χ1) is 17.0. The van der Waals surface area contributed by atoms with Crippen LogP contribution in [0.15, 0.2) is 71.2 Å². The third-order valence-corrected chi connectivity index (χ3v) is 5.41. The molecular weight excluding hydrogens is 483 g/mol. The van der Waals surface area contributed by atoms with Crippen molar-refractivity contribution in [3.8, 4) is 6.07 Å². The molecule has 12 heteroatoms. The van der Waals surface area contributed by atoms with E-state index in [9.17, 15) is 37.9 Å². The number of hydrogen-bond donors (Lipinski definition) is 2. The minimum Gasteiger partial charge on any atom is -0.478 e. The largest absolute Gasteiger partial charge is 0.478 e. The molecule has 3 rings (SSSR count). The van der Waals surface area contributed by atoms with Gasteiger partial charge in [0.05, 0.1) is 54.2 Å². The number of alkyl halides is 3. The highest BCUT2D eigenvalue weighted by molar-refractivity contribution is 6.08. The van der Waals surface area contributed by atoms with Crippen molar-refractivity contribution in [3.05, 3.63) is 87.9 Å². The van der Waals surface area contributed by atoms with Crippen molar-refractivity contribution >= 4 is 23.6 Å². The summed E-state index contributed by atoms with van der Waals surface area (Å²) in [5.74, 6) is -6.30. The van der Waals surface area contributed by atoms with Gasteiger partial charge < -0.3 is 20.3 Å². The lowest BCUT2D eigenvalue weighted by molar-refractivity contribution is -0.139. The van der Waals surface area contributed by atoms with Gasteiger partial charge in [0.1, 0.15) is 11.5 Å². The van der Waals surface area contributed by atoms with Gasteiger partial charge in [-0.2, -0.15) is 18.4 Å². The van der Waals surface area contributed by atoms with Gasteiger partial charge in [-0.1, -0.05) is 36.4 Å². The molecule has 0 saturated heterocycles. The molecule has 3 N–H and O–H groups in total. The van der Waals surface area contributed by atoms with E-state index >= 15 is 0 Å². The number of carboxylic acid groups (broad SMARTS) is 1. The maximum atomic E-state index is 14.1. The average Bonchev–Trinajstić information content (AvgIpc) is 2.86. The third-order valence-electron chi connectivity index (χ3n) is 5.41. The number of hydrogen-bond acceptors (Lipinski definition) is 8. The van der Waals surface area contributed by atoms with Crippen LogP contribution >= 0.6 is 0 Å². The second kappa shape index (κ2) is 9.83. The number of aromatic carboxylic acids is 1. The smallest absolute Gasteiger partial charge is 0.418 e. The van der Waals surface area contributed by atoms with Crippen LogP contribution < -0.4 is 10.6 Å². The monoisotopic (exact) mass is 501 g/mol. The molecule has 1 atom stereocenters. The van der Waals surface area contributed by atoms with Gasteiger partial charge >= 0.3 is 24.1 Å². The minimum atomic E-state index is -5.11. The van der Waals surface area contributed by atoms with E-state index in [1.165, 1.54) is 12.1 Å². The zero-order chi connectivity index (χ0) is 26.8. The fraction of sp³-hybridized carbons (Fsp3) is 0.167. The van der Waals surface area contributed by atoms with Crippen LogP contribution in [-0.4, -0.2) is 37.2 Å². The van der Waals surface area contributed by atoms with Crippen LogP contribution in [0, 0.1) is 11.3 Å². The molecule has 2 aromatic rings. The van der Waals surface area contributed by atoms with Gasteiger partial charge in [0.2, 0.25) is 0 Å². The quantitative estimate of drug-likeness (QED) is 0.590. The predicted octanol–water partition coefficient (Wildman–Crippen LogP) is 3.30. The van der Waals surface area contributed by atoms with Crippen LogP contribution in [0.5, 0.6) is 0 Å². The molecule has 0 fully saturated rings. The molecule has 1 aliphatic heterocycles. The Morgan fingerprint density at radius 2 is 1.64 bits per heavy atom. The first-order valence-corrected chi connectivity index (χ1v) is 10.1. The Morgan fingerprint density at radius 1 is 1.03 bits per heavy atom. The fourth-order valence-corrected chi connectivity index (χ4v) is 3.93. The van der Waals surface area contributed by atoms with Crippen molar-refractivity contribution in [1.82, 2.24) is 0 Å². The molecule has 0 aromatic heterocycles. The number of carbonyl (C=O) groups is 3. The van der Waals surface area contributed by atoms with Crippen molar-refractivity contribution in [2.75, 3.05) is 19.1 Å². The Labute approximate surface area is 202 Å². The van der Waals surface area contributed by atoms with Gasteiger partial charge in [-0.15, -0.1) is 0 Å². The number of rotatable bonds is 5. The number of carbonyl (C=O) groups excluding carboxylic acids is 2. The zero-order valence-electron chi connectivity index (χ0n) is 18.8. The van der Waals surface area contributed by atoms with E-state index in [0.29, 0.717) is 16.5 Å². The molecule has 0 spiro atoms. The topological polar surface area (TPSA) is 143 Å². The van der Waals surface area contributed by atoms with E-state index in [1.807, 2.05) is 0 Å². The van der Waals surface area contributed by atoms with Crippen molar-refractivity contribution in [3.63, 3.8) is 0 Å². The maximum absolute atomic E-state index is 14.1. The first kappa shape index (κ1) is 25.8. The summed E-state index contributed by atoms with van der Waals surface area (Å²) in [6.07, 6.45) is -5.11. The van der Waals surface area contributed by atoms with Crippen LogP contribution in [0.1, 0.15) is 27.4 Å². The van der Waals surface area contributed by atoms with Gasteiger partial charge in [-0.05, 0) is 17.7 Å². The van der Waals surface area contributed by atoms with Gasteiger partial charge in [-0.3, -0.25) is 4.90 Å². The molecule has 0 saturated carbocycles. The van der Waals surface area contributed by atoms with Crippen LogP contribution in [-0.2, 0) is 25.2 Å². The van der Waals surface area contributed by atoms with E-state index in [4.69, 9.17) is 15.2 Å². The van der Waals surface area contributed by atoms with Crippen molar-refractivity contribution in [2.45, 2.75) is 12.1 Å². The number of esters is 2. The number of benzene rings is 2. The first-order valence-electron chi connectivity index (χ1n) is 10.1. The van der Waals surface area contributed by atoms with Gasteiger partial charge in [0, 0.05) is 0 Å². The van der Waals surface area contributed by atoms with Crippen molar-refractivity contribution in [1.29, 1.82) is 5.26 Å². The number of methoxy groups -OCH3 is 2. The molecular formula is C24H18F3N3O6. The Hall–Kier alpha value is -4.79. The second-order valence-electron chi connectivity index (χ2n) is 7.34. The lowest BCUT2D eigenvalue weighted by atomic mass is 9.80. The van der Waals surface area contributed by atoms with Crippen molar-refractivity contribution in [2.24, 2.45) is 5.73 Å². The van der Waals surface area contributed by atoms with Crippen LogP contribution in [0.2, 0.25) is 0 Å². The average molecular weight is 501 g/mol. The highest BCUT2D eigenvalue weighted by Crippen LogP contribution is 2.47. The molecule has 1 heterocycles. The van der Waals surface area contributed by atoms with E-state index in [1.54, 1.807) is 24.3 Å². The SMILES string of the molecule is COC(=O)C1=C(C(=O)OC)N(c2c(C(=O)O)cccc2C(F)(F)F)C(N)=C(C#N)C1c1ccccc1. The number of anilines is 1. The van der Waals surface area contributed by atoms with Gasteiger partial charge in [0.15, 0.2) is 0 Å². The summed E-state index contributed by atoms with van der Waals surface area (Å²) in [7, 11) is 1.88. The highest BCUT2D eigenvalue weighted by atomic mass is 19.4. The number of halogens is 3. The van der Waals surface area contributed by atoms with E-state index < -0.39 is 69.5 Å². The fourth-order valence-electron chi connectivity index (χ4n) is 3.93. The molecule has 36 heavy (non-hydrogen) atoms. The Kier molecular flexibility index (Phi) is 7.05. The lowest BCUT2D eigenvalue weighted by Crippen LogP contribution is -2.42. The number of nitrogens with two attached hydrogens (primary N) is 1. The van der Waals surface area contributed by atoms with Crippen LogP contribution in [0.4, 0.5) is 18.9 Å². The molecule has 0 aliphatic carbocycles. The summed E-state index contributed by atoms with van der Waals surface area (Å²) in [6.45, 7) is 0. The van der Waals surface area contributed by atoms with E-state index in [2.05, 4.69) is 0 Å². The normalized spacial score (nSPS) is 15.9. The highest BCUT2D eigenvalue weighted by Gasteiger charge is 2.46. The molecule has 0 amide bonds. The summed E-state index contributed by atoms with van der Waals surface area (Å²) in [5.41, 5.74) is 1.24. The summed E-state index contributed by atoms with van der Waals surface area (Å²) < 4.78 is 51.8. The Bertz CT molecular complexity index is 1340. The van der Waals surface area contributed by atoms with Crippen LogP contribution in [0.3, 0.4) is 0 Å². The number of carboxylic acids is 1. The van der Waals surface area contributed by atoms with E-state index in [0.717, 1.165) is 26.4 Å². The number of nitriles is 1. The summed E-state index contributed by atoms with van der Waals surface area (Å²) in [4.78, 5) is 38.4. The molecule has 186 valence electrons. The van der Waals surface area contributed by atoms with Crippen molar-refractivity contribution < 1.29 is 42.1 Å². The number of nitrogens with zero attached hydrogens (tertiary/aromatic N) is 2. The van der Waals surface area contributed by atoms with E-state index in [-0.39, 0.29) is 0 Å². The third kappa shape index (κ3) is 4.34. The number of allylic oxidation sites excluding steroid dienone is 1. The standard InChI is InChI=1S/C24H18F3N3O6/c1-35-22(33)17-16(12-7-4-3-5-8-12)14(11-28)20(29)30(19(17)23(34)36-2)18-13(21(31)32)9-6-10-15(18)24(25,26)27/h3-10,16H,29H2,1-2H3,(H,31,32). The second-order valence-corrected chi connectivity index (χ2v) is 7.34. The molecule has 2 aromatic carbocycles. The Morgan fingerprint density at radius 3 is 2.14 bits per heavy atom. The number of para-hydroxylation sites is 1. The summed E-state index contributed by atoms with van der Waals surface area (Å²) in [6, 6.07) is 11.9. The zero-order valence-corrected chi connectivity index (χ0v) is 18.8. The summed E-state index contributed by atoms with van der Waals surface area (Å²) >= 11 is 0. The minimum absolute atomic E-state index is 0.293. The lowest BCUT2D eigenvalue weighted by Gasteiger charge is -2.37. The maximum Gasteiger partial charge on any atom is 0.418 e. The van der Waals surface area contributed by atoms with Crippen LogP contribution in [0.25, 0.3) is 0 Å². The molecule has 1 aliphatic rings.